The largest absolute Gasteiger partial charge is 0.338 e. The molecule has 1 aromatic carbocycles. The molecule has 0 bridgehead atoms. The third-order valence-corrected chi connectivity index (χ3v) is 3.45. The van der Waals surface area contributed by atoms with Gasteiger partial charge in [-0.3, -0.25) is 14.6 Å². The number of ketones is 1. The molecule has 108 valence electrons. The van der Waals surface area contributed by atoms with Crippen molar-refractivity contribution < 1.29 is 9.59 Å². The van der Waals surface area contributed by atoms with Crippen molar-refractivity contribution >= 4 is 23.6 Å². The van der Waals surface area contributed by atoms with Crippen molar-refractivity contribution in [3.05, 3.63) is 29.8 Å². The molecular formula is C16H17N3O2. The van der Waals surface area contributed by atoms with Gasteiger partial charge in [-0.15, -0.1) is 0 Å². The Morgan fingerprint density at radius 3 is 2.81 bits per heavy atom. The summed E-state index contributed by atoms with van der Waals surface area (Å²) in [7, 11) is 0. The van der Waals surface area contributed by atoms with Gasteiger partial charge in [0.2, 0.25) is 5.91 Å². The van der Waals surface area contributed by atoms with E-state index in [0.717, 1.165) is 0 Å². The summed E-state index contributed by atoms with van der Waals surface area (Å²) < 4.78 is 0. The third-order valence-electron chi connectivity index (χ3n) is 3.45. The van der Waals surface area contributed by atoms with Gasteiger partial charge in [0.1, 0.15) is 5.92 Å². The Morgan fingerprint density at radius 1 is 1.43 bits per heavy atom. The number of hydrogen-bond acceptors (Lipinski definition) is 4. The fourth-order valence-corrected chi connectivity index (χ4v) is 2.33. The molecule has 1 atom stereocenters. The second kappa shape index (κ2) is 6.31. The van der Waals surface area contributed by atoms with E-state index < -0.39 is 5.92 Å². The van der Waals surface area contributed by atoms with E-state index >= 15 is 0 Å². The molecule has 0 fully saturated rings. The van der Waals surface area contributed by atoms with Gasteiger partial charge in [0.05, 0.1) is 18.2 Å². The lowest BCUT2D eigenvalue weighted by atomic mass is 9.93. The minimum absolute atomic E-state index is 0.0655. The third kappa shape index (κ3) is 3.00. The highest BCUT2D eigenvalue weighted by atomic mass is 16.2. The first-order chi connectivity index (χ1) is 10.1. The van der Waals surface area contributed by atoms with Crippen LogP contribution in [0.2, 0.25) is 0 Å². The van der Waals surface area contributed by atoms with Gasteiger partial charge in [0.15, 0.2) is 5.78 Å². The number of carbonyl (C=O) groups is 2. The molecule has 1 aliphatic heterocycles. The number of Topliss-reactive ketones (excluding diaryl/α,β-unsaturated/α-hetero) is 1. The summed E-state index contributed by atoms with van der Waals surface area (Å²) in [5.74, 6) is -1.40. The molecule has 1 aliphatic rings. The maximum atomic E-state index is 12.6. The molecule has 21 heavy (non-hydrogen) atoms. The normalized spacial score (nSPS) is 16.5. The second-order valence-corrected chi connectivity index (χ2v) is 5.17. The quantitative estimate of drug-likeness (QED) is 0.796. The number of nitriles is 1. The summed E-state index contributed by atoms with van der Waals surface area (Å²) in [5.41, 5.74) is 1.07. The van der Waals surface area contributed by atoms with Gasteiger partial charge in [-0.2, -0.15) is 5.26 Å². The number of amides is 1. The van der Waals surface area contributed by atoms with Crippen molar-refractivity contribution in [3.63, 3.8) is 0 Å². The van der Waals surface area contributed by atoms with E-state index in [1.54, 1.807) is 29.2 Å². The number of benzene rings is 1. The lowest BCUT2D eigenvalue weighted by molar-refractivity contribution is -0.133. The van der Waals surface area contributed by atoms with Gasteiger partial charge < -0.3 is 4.90 Å². The molecule has 2 rings (SSSR count). The van der Waals surface area contributed by atoms with E-state index in [-0.39, 0.29) is 24.2 Å². The van der Waals surface area contributed by atoms with Gasteiger partial charge in [-0.25, -0.2) is 0 Å². The van der Waals surface area contributed by atoms with Crippen molar-refractivity contribution in [3.8, 4) is 6.07 Å². The van der Waals surface area contributed by atoms with Crippen LogP contribution in [0.25, 0.3) is 0 Å². The van der Waals surface area contributed by atoms with Crippen LogP contribution in [0.15, 0.2) is 29.3 Å². The van der Waals surface area contributed by atoms with Crippen LogP contribution in [-0.4, -0.2) is 35.4 Å². The molecule has 0 radical (unpaired) electrons. The zero-order chi connectivity index (χ0) is 15.4. The first kappa shape index (κ1) is 14.9. The maximum Gasteiger partial charge on any atom is 0.239 e. The number of aliphatic imine (C=N–C) groups is 1. The molecular weight excluding hydrogens is 266 g/mol. The van der Waals surface area contributed by atoms with Crippen molar-refractivity contribution in [2.75, 3.05) is 6.54 Å². The summed E-state index contributed by atoms with van der Waals surface area (Å²) in [5, 5.41) is 8.69. The Hall–Kier alpha value is -2.48. The van der Waals surface area contributed by atoms with Gasteiger partial charge >= 0.3 is 0 Å². The molecule has 1 amide bonds. The van der Waals surface area contributed by atoms with Crippen LogP contribution >= 0.6 is 0 Å². The summed E-state index contributed by atoms with van der Waals surface area (Å²) in [6, 6.07) is 8.96. The highest BCUT2D eigenvalue weighted by Gasteiger charge is 2.34. The predicted molar refractivity (Wildman–Crippen MR) is 79.5 cm³/mol. The molecule has 0 aromatic heterocycles. The predicted octanol–water partition coefficient (Wildman–Crippen LogP) is 2.35. The SMILES string of the molecule is CC(C)N(CCC#N)C(=O)C1C=Nc2ccccc2C1=O. The lowest BCUT2D eigenvalue weighted by Gasteiger charge is -2.29. The van der Waals surface area contributed by atoms with Gasteiger partial charge in [-0.05, 0) is 26.0 Å². The Morgan fingerprint density at radius 2 is 2.14 bits per heavy atom. The van der Waals surface area contributed by atoms with Gasteiger partial charge in [-0.1, -0.05) is 12.1 Å². The number of hydrogen-bond donors (Lipinski definition) is 0. The number of para-hydroxylation sites is 1. The van der Waals surface area contributed by atoms with Crippen molar-refractivity contribution in [1.29, 1.82) is 5.26 Å². The zero-order valence-electron chi connectivity index (χ0n) is 12.1. The minimum Gasteiger partial charge on any atom is -0.338 e. The van der Waals surface area contributed by atoms with Gasteiger partial charge in [0, 0.05) is 24.4 Å². The van der Waals surface area contributed by atoms with E-state index in [1.165, 1.54) is 6.21 Å². The molecule has 5 nitrogen and oxygen atoms in total. The van der Waals surface area contributed by atoms with E-state index in [1.807, 2.05) is 19.9 Å². The maximum absolute atomic E-state index is 12.6. The molecule has 1 heterocycles. The van der Waals surface area contributed by atoms with Crippen molar-refractivity contribution in [2.24, 2.45) is 10.9 Å². The number of carbonyl (C=O) groups excluding carboxylic acids is 2. The fourth-order valence-electron chi connectivity index (χ4n) is 2.33. The summed E-state index contributed by atoms with van der Waals surface area (Å²) in [6.07, 6.45) is 1.66. The first-order valence-corrected chi connectivity index (χ1v) is 6.91. The average Bonchev–Trinajstić information content (AvgIpc) is 2.47. The minimum atomic E-state index is -0.888. The van der Waals surface area contributed by atoms with E-state index in [9.17, 15) is 9.59 Å². The highest BCUT2D eigenvalue weighted by molar-refractivity contribution is 6.23. The van der Waals surface area contributed by atoms with Crippen LogP contribution in [0.4, 0.5) is 5.69 Å². The molecule has 0 spiro atoms. The van der Waals surface area contributed by atoms with Crippen molar-refractivity contribution in [1.82, 2.24) is 4.90 Å². The number of nitrogens with zero attached hydrogens (tertiary/aromatic N) is 3. The van der Waals surface area contributed by atoms with Crippen LogP contribution in [0.1, 0.15) is 30.6 Å². The second-order valence-electron chi connectivity index (χ2n) is 5.17. The molecule has 5 heteroatoms. The highest BCUT2D eigenvalue weighted by Crippen LogP contribution is 2.26. The molecule has 1 aromatic rings. The van der Waals surface area contributed by atoms with Gasteiger partial charge in [0.25, 0.3) is 0 Å². The summed E-state index contributed by atoms with van der Waals surface area (Å²) in [6.45, 7) is 4.06. The van der Waals surface area contributed by atoms with Crippen molar-refractivity contribution in [2.45, 2.75) is 26.3 Å². The molecule has 0 saturated heterocycles. The monoisotopic (exact) mass is 283 g/mol. The zero-order valence-corrected chi connectivity index (χ0v) is 12.1. The topological polar surface area (TPSA) is 73.5 Å². The standard InChI is InChI=1S/C16H17N3O2/c1-11(2)19(9-5-8-17)16(21)13-10-18-14-7-4-3-6-12(14)15(13)20/h3-4,6-7,10-11,13H,5,9H2,1-2H3. The summed E-state index contributed by atoms with van der Waals surface area (Å²) in [4.78, 5) is 30.8. The van der Waals surface area contributed by atoms with Crippen LogP contribution < -0.4 is 0 Å². The van der Waals surface area contributed by atoms with Crippen LogP contribution in [0, 0.1) is 17.2 Å². The van der Waals surface area contributed by atoms with Crippen LogP contribution in [0.5, 0.6) is 0 Å². The summed E-state index contributed by atoms with van der Waals surface area (Å²) >= 11 is 0. The van der Waals surface area contributed by atoms with E-state index in [0.29, 0.717) is 17.8 Å². The smallest absolute Gasteiger partial charge is 0.239 e. The molecule has 0 N–H and O–H groups in total. The molecule has 0 saturated carbocycles. The Balaban J connectivity index is 2.25. The number of rotatable bonds is 4. The Bertz CT molecular complexity index is 629. The van der Waals surface area contributed by atoms with E-state index in [2.05, 4.69) is 4.99 Å². The van der Waals surface area contributed by atoms with E-state index in [4.69, 9.17) is 5.26 Å². The fraction of sp³-hybridized carbons (Fsp3) is 0.375. The first-order valence-electron chi connectivity index (χ1n) is 6.91. The van der Waals surface area contributed by atoms with Crippen LogP contribution in [0.3, 0.4) is 0 Å². The lowest BCUT2D eigenvalue weighted by Crippen LogP contribution is -2.45. The molecule has 1 unspecified atom stereocenters. The van der Waals surface area contributed by atoms with Crippen LogP contribution in [-0.2, 0) is 4.79 Å². The molecule has 0 aliphatic carbocycles. The number of fused-ring (bicyclic) bond motifs is 1. The Labute approximate surface area is 123 Å². The average molecular weight is 283 g/mol. The Kier molecular flexibility index (Phi) is 4.49.